The molecule has 0 amide bonds. The van der Waals surface area contributed by atoms with Gasteiger partial charge in [0.25, 0.3) is 5.69 Å². The Morgan fingerprint density at radius 2 is 2.19 bits per heavy atom. The normalized spacial score (nSPS) is 21.5. The molecular weight excluding hydrogens is 268 g/mol. The molecule has 0 aliphatic carbocycles. The second kappa shape index (κ2) is 7.04. The van der Waals surface area contributed by atoms with Crippen LogP contribution in [-0.4, -0.2) is 30.6 Å². The number of anilines is 1. The second-order valence-corrected chi connectivity index (χ2v) is 5.52. The van der Waals surface area contributed by atoms with E-state index in [4.69, 9.17) is 5.26 Å². The zero-order valence-electron chi connectivity index (χ0n) is 12.3. The van der Waals surface area contributed by atoms with Gasteiger partial charge in [-0.25, -0.2) is 0 Å². The Bertz CT molecular complexity index is 545. The molecule has 0 unspecified atom stereocenters. The van der Waals surface area contributed by atoms with E-state index in [1.807, 2.05) is 6.07 Å². The fourth-order valence-electron chi connectivity index (χ4n) is 2.86. The fraction of sp³-hybridized carbons (Fsp3) is 0.533. The minimum atomic E-state index is -0.475. The number of benzene rings is 1. The summed E-state index contributed by atoms with van der Waals surface area (Å²) in [5.74, 6) is 0. The van der Waals surface area contributed by atoms with Gasteiger partial charge in [-0.2, -0.15) is 5.26 Å². The number of hydrogen-bond acceptors (Lipinski definition) is 4. The Hall–Kier alpha value is -2.13. The summed E-state index contributed by atoms with van der Waals surface area (Å²) in [6, 6.07) is 6.80. The summed E-state index contributed by atoms with van der Waals surface area (Å²) in [4.78, 5) is 11.9. The van der Waals surface area contributed by atoms with Gasteiger partial charge < -0.3 is 10.2 Å². The van der Waals surface area contributed by atoms with Crippen LogP contribution >= 0.6 is 0 Å². The number of nitro benzene ring substituents is 1. The topological polar surface area (TPSA) is 83.4 Å². The third-order valence-corrected chi connectivity index (χ3v) is 3.99. The zero-order chi connectivity index (χ0) is 15.2. The first-order valence-electron chi connectivity index (χ1n) is 7.42. The van der Waals surface area contributed by atoms with Gasteiger partial charge in [0.05, 0.1) is 35.8 Å². The Balaban J connectivity index is 2.01. The average Bonchev–Trinajstić information content (AvgIpc) is 2.49. The maximum atomic E-state index is 10.7. The largest absolute Gasteiger partial charge is 0.381 e. The van der Waals surface area contributed by atoms with Crippen LogP contribution in [-0.2, 0) is 0 Å². The average molecular weight is 289 g/mol. The predicted octanol–water partition coefficient (Wildman–Crippen LogP) is 1.34. The highest BCUT2D eigenvalue weighted by Crippen LogP contribution is 2.23. The van der Waals surface area contributed by atoms with Crippen LogP contribution in [0.5, 0.6) is 0 Å². The number of nitrogens with one attached hydrogen (secondary N) is 2. The zero-order valence-corrected chi connectivity index (χ0v) is 12.3. The number of piperidine rings is 1. The number of nitrogens with zero attached hydrogens (tertiary/aromatic N) is 2. The molecule has 112 valence electrons. The Kier molecular flexibility index (Phi) is 5.12. The lowest BCUT2D eigenvalue weighted by atomic mass is 10.0. The molecule has 1 aliphatic rings. The third-order valence-electron chi connectivity index (χ3n) is 3.99. The van der Waals surface area contributed by atoms with Crippen LogP contribution in [0.4, 0.5) is 11.4 Å². The molecule has 1 aromatic rings. The molecule has 2 N–H and O–H groups in total. The molecule has 1 saturated heterocycles. The summed E-state index contributed by atoms with van der Waals surface area (Å²) in [7, 11) is 0. The first-order chi connectivity index (χ1) is 10.1. The van der Waals surface area contributed by atoms with Crippen LogP contribution in [0.2, 0.25) is 0 Å². The highest BCUT2D eigenvalue weighted by atomic mass is 16.6. The summed E-state index contributed by atoms with van der Waals surface area (Å²) in [6.45, 7) is 5.70. The molecule has 1 heterocycles. The molecule has 1 fully saturated rings. The van der Waals surface area contributed by atoms with E-state index in [2.05, 4.69) is 12.2 Å². The van der Waals surface area contributed by atoms with Crippen molar-refractivity contribution in [2.24, 2.45) is 0 Å². The van der Waals surface area contributed by atoms with E-state index in [0.717, 1.165) is 25.9 Å². The molecule has 6 heteroatoms. The summed E-state index contributed by atoms with van der Waals surface area (Å²) >= 11 is 0. The lowest BCUT2D eigenvalue weighted by Crippen LogP contribution is -3.13. The molecule has 0 aromatic heterocycles. The van der Waals surface area contributed by atoms with Gasteiger partial charge >= 0.3 is 0 Å². The van der Waals surface area contributed by atoms with Crippen LogP contribution in [0.1, 0.15) is 31.7 Å². The Morgan fingerprint density at radius 3 is 2.76 bits per heavy atom. The molecule has 1 aliphatic heterocycles. The van der Waals surface area contributed by atoms with E-state index >= 15 is 0 Å². The molecule has 0 bridgehead atoms. The second-order valence-electron chi connectivity index (χ2n) is 5.52. The molecule has 1 aromatic carbocycles. The van der Waals surface area contributed by atoms with Crippen molar-refractivity contribution in [1.82, 2.24) is 0 Å². The van der Waals surface area contributed by atoms with Crippen molar-refractivity contribution in [2.45, 2.75) is 32.2 Å². The highest BCUT2D eigenvalue weighted by molar-refractivity contribution is 5.61. The lowest BCUT2D eigenvalue weighted by Gasteiger charge is -2.30. The monoisotopic (exact) mass is 289 g/mol. The third kappa shape index (κ3) is 3.92. The van der Waals surface area contributed by atoms with Gasteiger partial charge in [0, 0.05) is 31.0 Å². The predicted molar refractivity (Wildman–Crippen MR) is 80.3 cm³/mol. The highest BCUT2D eigenvalue weighted by Gasteiger charge is 2.22. The molecule has 0 spiro atoms. The maximum Gasteiger partial charge on any atom is 0.270 e. The molecule has 0 saturated carbocycles. The van der Waals surface area contributed by atoms with E-state index in [1.54, 1.807) is 11.0 Å². The van der Waals surface area contributed by atoms with Gasteiger partial charge in [0.1, 0.15) is 6.07 Å². The molecule has 6 nitrogen and oxygen atoms in total. The SMILES string of the molecule is CCC[NH+]1CCC(Nc2ccc([N+](=O)[O-])cc2C#N)CC1. The molecule has 21 heavy (non-hydrogen) atoms. The first-order valence-corrected chi connectivity index (χ1v) is 7.42. The number of nitriles is 1. The van der Waals surface area contributed by atoms with E-state index in [9.17, 15) is 10.1 Å². The molecule has 0 radical (unpaired) electrons. The number of hydrogen-bond donors (Lipinski definition) is 2. The van der Waals surface area contributed by atoms with Gasteiger partial charge in [-0.15, -0.1) is 0 Å². The summed E-state index contributed by atoms with van der Waals surface area (Å²) < 4.78 is 0. The van der Waals surface area contributed by atoms with Crippen LogP contribution in [0, 0.1) is 21.4 Å². The van der Waals surface area contributed by atoms with Crippen molar-refractivity contribution >= 4 is 11.4 Å². The number of non-ortho nitro benzene ring substituents is 1. The van der Waals surface area contributed by atoms with Crippen molar-refractivity contribution in [1.29, 1.82) is 5.26 Å². The van der Waals surface area contributed by atoms with Crippen LogP contribution in [0.25, 0.3) is 0 Å². The van der Waals surface area contributed by atoms with Gasteiger partial charge in [0.2, 0.25) is 0 Å². The van der Waals surface area contributed by atoms with Gasteiger partial charge in [-0.05, 0) is 12.5 Å². The number of nitro groups is 1. The fourth-order valence-corrected chi connectivity index (χ4v) is 2.86. The van der Waals surface area contributed by atoms with Crippen molar-refractivity contribution in [3.8, 4) is 6.07 Å². The van der Waals surface area contributed by atoms with Gasteiger partial charge in [-0.1, -0.05) is 6.92 Å². The van der Waals surface area contributed by atoms with Gasteiger partial charge in [-0.3, -0.25) is 10.1 Å². The minimum absolute atomic E-state index is 0.0423. The Labute approximate surface area is 124 Å². The summed E-state index contributed by atoms with van der Waals surface area (Å²) in [6.07, 6.45) is 3.34. The van der Waals surface area contributed by atoms with Gasteiger partial charge in [0.15, 0.2) is 0 Å². The van der Waals surface area contributed by atoms with Crippen LogP contribution in [0.15, 0.2) is 18.2 Å². The smallest absolute Gasteiger partial charge is 0.270 e. The van der Waals surface area contributed by atoms with Crippen molar-refractivity contribution < 1.29 is 9.82 Å². The summed E-state index contributed by atoms with van der Waals surface area (Å²) in [5.41, 5.74) is 0.999. The molecule has 2 rings (SSSR count). The minimum Gasteiger partial charge on any atom is -0.381 e. The van der Waals surface area contributed by atoms with E-state index in [1.165, 1.54) is 25.1 Å². The molecule has 0 atom stereocenters. The van der Waals surface area contributed by atoms with Crippen molar-refractivity contribution in [2.75, 3.05) is 25.0 Å². The van der Waals surface area contributed by atoms with E-state index in [-0.39, 0.29) is 5.69 Å². The maximum absolute atomic E-state index is 10.7. The van der Waals surface area contributed by atoms with E-state index < -0.39 is 4.92 Å². The van der Waals surface area contributed by atoms with Crippen molar-refractivity contribution in [3.05, 3.63) is 33.9 Å². The Morgan fingerprint density at radius 1 is 1.48 bits per heavy atom. The van der Waals surface area contributed by atoms with Crippen LogP contribution < -0.4 is 10.2 Å². The lowest BCUT2D eigenvalue weighted by molar-refractivity contribution is -0.905. The van der Waals surface area contributed by atoms with Crippen molar-refractivity contribution in [3.63, 3.8) is 0 Å². The molecular formula is C15H21N4O2+. The standard InChI is InChI=1S/C15H20N4O2/c1-2-7-18-8-5-13(6-9-18)17-15-4-3-14(19(20)21)10-12(15)11-16/h3-4,10,13,17H,2,5-9H2,1H3/p+1. The van der Waals surface area contributed by atoms with Crippen LogP contribution in [0.3, 0.4) is 0 Å². The number of likely N-dealkylation sites (tertiary alicyclic amines) is 1. The number of rotatable bonds is 5. The quantitative estimate of drug-likeness (QED) is 0.633. The first kappa shape index (κ1) is 15.3. The van der Waals surface area contributed by atoms with E-state index in [0.29, 0.717) is 17.3 Å². The summed E-state index contributed by atoms with van der Waals surface area (Å²) in [5, 5.41) is 23.3. The number of quaternary nitrogens is 1.